The molecule has 19 heavy (non-hydrogen) atoms. The van der Waals surface area contributed by atoms with Crippen LogP contribution in [0, 0.1) is 0 Å². The summed E-state index contributed by atoms with van der Waals surface area (Å²) in [5.74, 6) is 0. The van der Waals surface area contributed by atoms with Crippen LogP contribution in [-0.4, -0.2) is 16.1 Å². The lowest BCUT2D eigenvalue weighted by Gasteiger charge is -2.17. The van der Waals surface area contributed by atoms with Crippen molar-refractivity contribution in [3.8, 4) is 11.3 Å². The predicted molar refractivity (Wildman–Crippen MR) is 77.3 cm³/mol. The number of hydrogen-bond donors (Lipinski definition) is 1. The highest BCUT2D eigenvalue weighted by atomic mass is 15.1. The SMILES string of the molecule is C1=CCC(n2cncc2-c2cccc3c2NCC3)C1. The van der Waals surface area contributed by atoms with Gasteiger partial charge in [0.2, 0.25) is 0 Å². The second kappa shape index (κ2) is 4.26. The van der Waals surface area contributed by atoms with Crippen molar-refractivity contribution in [1.82, 2.24) is 9.55 Å². The molecule has 1 aliphatic carbocycles. The van der Waals surface area contributed by atoms with E-state index in [9.17, 15) is 0 Å². The molecule has 0 spiro atoms. The molecule has 0 amide bonds. The third kappa shape index (κ3) is 1.69. The fraction of sp³-hybridized carbons (Fsp3) is 0.312. The topological polar surface area (TPSA) is 29.9 Å². The number of imidazole rings is 1. The predicted octanol–water partition coefficient (Wildman–Crippen LogP) is 3.41. The Bertz CT molecular complexity index is 631. The number of rotatable bonds is 2. The molecule has 3 heteroatoms. The average molecular weight is 251 g/mol. The molecule has 2 aromatic rings. The maximum Gasteiger partial charge on any atom is 0.0953 e. The van der Waals surface area contributed by atoms with E-state index in [2.05, 4.69) is 45.2 Å². The van der Waals surface area contributed by atoms with Gasteiger partial charge in [0.25, 0.3) is 0 Å². The third-order valence-corrected chi connectivity index (χ3v) is 4.17. The van der Waals surface area contributed by atoms with E-state index in [1.54, 1.807) is 0 Å². The van der Waals surface area contributed by atoms with Crippen LogP contribution in [0.3, 0.4) is 0 Å². The summed E-state index contributed by atoms with van der Waals surface area (Å²) in [5.41, 5.74) is 5.25. The van der Waals surface area contributed by atoms with Crippen molar-refractivity contribution < 1.29 is 0 Å². The monoisotopic (exact) mass is 251 g/mol. The molecule has 2 aliphatic rings. The molecule has 0 saturated carbocycles. The minimum atomic E-state index is 0.537. The zero-order valence-corrected chi connectivity index (χ0v) is 10.8. The van der Waals surface area contributed by atoms with Crippen LogP contribution in [0.1, 0.15) is 24.4 Å². The lowest BCUT2D eigenvalue weighted by Crippen LogP contribution is -2.06. The van der Waals surface area contributed by atoms with Crippen molar-refractivity contribution in [2.45, 2.75) is 25.3 Å². The van der Waals surface area contributed by atoms with Crippen LogP contribution in [0.4, 0.5) is 5.69 Å². The molecule has 3 nitrogen and oxygen atoms in total. The summed E-state index contributed by atoms with van der Waals surface area (Å²) >= 11 is 0. The van der Waals surface area contributed by atoms with Crippen LogP contribution in [0.5, 0.6) is 0 Å². The normalized spacial score (nSPS) is 17.7. The first-order valence-corrected chi connectivity index (χ1v) is 6.96. The number of aromatic nitrogens is 2. The van der Waals surface area contributed by atoms with E-state index in [-0.39, 0.29) is 0 Å². The van der Waals surface area contributed by atoms with Gasteiger partial charge in [-0.1, -0.05) is 30.4 Å². The molecule has 0 saturated heterocycles. The van der Waals surface area contributed by atoms with Crippen molar-refractivity contribution in [1.29, 1.82) is 0 Å². The Hall–Kier alpha value is -2.03. The van der Waals surface area contributed by atoms with Crippen molar-refractivity contribution in [3.63, 3.8) is 0 Å². The van der Waals surface area contributed by atoms with Gasteiger partial charge in [0.05, 0.1) is 18.2 Å². The molecule has 96 valence electrons. The average Bonchev–Trinajstić information content (AvgIpc) is 3.18. The lowest BCUT2D eigenvalue weighted by atomic mass is 10.0. The standard InChI is InChI=1S/C16H17N3/c1-2-6-13(5-1)19-11-17-10-15(19)14-7-3-4-12-8-9-18-16(12)14/h1-4,7,10-11,13,18H,5-6,8-9H2. The summed E-state index contributed by atoms with van der Waals surface area (Å²) < 4.78 is 2.33. The van der Waals surface area contributed by atoms with Crippen LogP contribution >= 0.6 is 0 Å². The van der Waals surface area contributed by atoms with Gasteiger partial charge in [-0.15, -0.1) is 0 Å². The highest BCUT2D eigenvalue weighted by Gasteiger charge is 2.20. The van der Waals surface area contributed by atoms with Crippen molar-refractivity contribution in [2.75, 3.05) is 11.9 Å². The van der Waals surface area contributed by atoms with Gasteiger partial charge in [0.1, 0.15) is 0 Å². The molecule has 0 bridgehead atoms. The van der Waals surface area contributed by atoms with Crippen LogP contribution in [-0.2, 0) is 6.42 Å². The molecule has 1 aliphatic heterocycles. The van der Waals surface area contributed by atoms with Gasteiger partial charge in [-0.2, -0.15) is 0 Å². The highest BCUT2D eigenvalue weighted by Crippen LogP contribution is 2.36. The number of hydrogen-bond acceptors (Lipinski definition) is 2. The van der Waals surface area contributed by atoms with Gasteiger partial charge in [-0.25, -0.2) is 4.98 Å². The van der Waals surface area contributed by atoms with E-state index in [0.717, 1.165) is 25.8 Å². The highest BCUT2D eigenvalue weighted by molar-refractivity contribution is 5.79. The number of nitrogens with one attached hydrogen (secondary N) is 1. The van der Waals surface area contributed by atoms with E-state index in [1.165, 1.54) is 22.5 Å². The Kier molecular flexibility index (Phi) is 2.44. The minimum Gasteiger partial charge on any atom is -0.384 e. The Labute approximate surface area is 113 Å². The molecule has 1 aromatic heterocycles. The zero-order chi connectivity index (χ0) is 12.7. The van der Waals surface area contributed by atoms with Crippen molar-refractivity contribution in [3.05, 3.63) is 48.4 Å². The van der Waals surface area contributed by atoms with Crippen molar-refractivity contribution in [2.24, 2.45) is 0 Å². The molecule has 0 unspecified atom stereocenters. The molecular formula is C16H17N3. The second-order valence-electron chi connectivity index (χ2n) is 5.30. The Morgan fingerprint density at radius 3 is 3.00 bits per heavy atom. The third-order valence-electron chi connectivity index (χ3n) is 4.17. The Morgan fingerprint density at radius 2 is 2.11 bits per heavy atom. The van der Waals surface area contributed by atoms with Gasteiger partial charge >= 0.3 is 0 Å². The van der Waals surface area contributed by atoms with Gasteiger partial charge in [-0.3, -0.25) is 0 Å². The summed E-state index contributed by atoms with van der Waals surface area (Å²) in [7, 11) is 0. The largest absolute Gasteiger partial charge is 0.384 e. The molecule has 0 radical (unpaired) electrons. The second-order valence-corrected chi connectivity index (χ2v) is 5.30. The summed E-state index contributed by atoms with van der Waals surface area (Å²) in [4.78, 5) is 4.38. The number of para-hydroxylation sites is 1. The van der Waals surface area contributed by atoms with Gasteiger partial charge in [0, 0.05) is 23.8 Å². The number of allylic oxidation sites excluding steroid dienone is 2. The summed E-state index contributed by atoms with van der Waals surface area (Å²) in [5, 5.41) is 3.52. The first-order valence-electron chi connectivity index (χ1n) is 6.96. The molecule has 0 atom stereocenters. The molecule has 1 aromatic carbocycles. The maximum absolute atomic E-state index is 4.38. The van der Waals surface area contributed by atoms with Crippen LogP contribution in [0.2, 0.25) is 0 Å². The Morgan fingerprint density at radius 1 is 1.21 bits per heavy atom. The summed E-state index contributed by atoms with van der Waals surface area (Å²) in [6.45, 7) is 1.05. The number of nitrogens with zero attached hydrogens (tertiary/aromatic N) is 2. The first kappa shape index (κ1) is 10.9. The van der Waals surface area contributed by atoms with E-state index in [4.69, 9.17) is 0 Å². The fourth-order valence-electron chi connectivity index (χ4n) is 3.19. The van der Waals surface area contributed by atoms with E-state index < -0.39 is 0 Å². The van der Waals surface area contributed by atoms with Gasteiger partial charge < -0.3 is 9.88 Å². The van der Waals surface area contributed by atoms with Gasteiger partial charge in [-0.05, 0) is 24.8 Å². The van der Waals surface area contributed by atoms with Crippen LogP contribution < -0.4 is 5.32 Å². The van der Waals surface area contributed by atoms with E-state index in [0.29, 0.717) is 6.04 Å². The fourth-order valence-corrected chi connectivity index (χ4v) is 3.19. The summed E-state index contributed by atoms with van der Waals surface area (Å²) in [6, 6.07) is 7.12. The van der Waals surface area contributed by atoms with Crippen molar-refractivity contribution >= 4 is 5.69 Å². The molecule has 2 heterocycles. The minimum absolute atomic E-state index is 0.537. The van der Waals surface area contributed by atoms with Crippen LogP contribution in [0.15, 0.2) is 42.9 Å². The molecule has 0 fully saturated rings. The number of benzene rings is 1. The van der Waals surface area contributed by atoms with E-state index >= 15 is 0 Å². The molecular weight excluding hydrogens is 234 g/mol. The lowest BCUT2D eigenvalue weighted by molar-refractivity contribution is 0.540. The quantitative estimate of drug-likeness (QED) is 0.829. The summed E-state index contributed by atoms with van der Waals surface area (Å²) in [6.07, 6.45) is 11.9. The van der Waals surface area contributed by atoms with E-state index in [1.807, 2.05) is 12.5 Å². The molecule has 4 rings (SSSR count). The number of anilines is 1. The maximum atomic E-state index is 4.38. The smallest absolute Gasteiger partial charge is 0.0953 e. The first-order chi connectivity index (χ1) is 9.43. The van der Waals surface area contributed by atoms with Crippen LogP contribution in [0.25, 0.3) is 11.3 Å². The Balaban J connectivity index is 1.81. The number of fused-ring (bicyclic) bond motifs is 1. The molecule has 1 N–H and O–H groups in total. The van der Waals surface area contributed by atoms with Gasteiger partial charge in [0.15, 0.2) is 0 Å². The zero-order valence-electron chi connectivity index (χ0n) is 10.8.